The number of para-hydroxylation sites is 1. The molecular formula is C19H19ClN2O5S. The minimum absolute atomic E-state index is 0.0601. The van der Waals surface area contributed by atoms with Gasteiger partial charge in [0.1, 0.15) is 0 Å². The zero-order chi connectivity index (χ0) is 20.3. The van der Waals surface area contributed by atoms with Crippen molar-refractivity contribution in [2.24, 2.45) is 0 Å². The van der Waals surface area contributed by atoms with Crippen LogP contribution in [0.5, 0.6) is 0 Å². The van der Waals surface area contributed by atoms with Crippen LogP contribution in [0.1, 0.15) is 15.9 Å². The number of rotatable bonds is 4. The van der Waals surface area contributed by atoms with Crippen LogP contribution in [0, 0.1) is 0 Å². The number of carbonyl (C=O) groups excluding carboxylic acids is 1. The first-order valence-electron chi connectivity index (χ1n) is 8.60. The molecule has 1 aliphatic heterocycles. The Morgan fingerprint density at radius 1 is 1.07 bits per heavy atom. The van der Waals surface area contributed by atoms with E-state index in [9.17, 15) is 18.0 Å². The molecule has 1 fully saturated rings. The highest BCUT2D eigenvalue weighted by Crippen LogP contribution is 2.25. The van der Waals surface area contributed by atoms with Gasteiger partial charge in [0.05, 0.1) is 23.6 Å². The molecule has 0 atom stereocenters. The highest BCUT2D eigenvalue weighted by molar-refractivity contribution is 7.91. The lowest BCUT2D eigenvalue weighted by molar-refractivity contribution is 0.0697. The zero-order valence-corrected chi connectivity index (χ0v) is 16.5. The average Bonchev–Trinajstić information content (AvgIpc) is 2.67. The van der Waals surface area contributed by atoms with E-state index in [2.05, 4.69) is 0 Å². The Labute approximate surface area is 168 Å². The first kappa shape index (κ1) is 20.2. The first-order valence-corrected chi connectivity index (χ1v) is 10.8. The van der Waals surface area contributed by atoms with Gasteiger partial charge in [-0.2, -0.15) is 0 Å². The summed E-state index contributed by atoms with van der Waals surface area (Å²) in [6.07, 6.45) is 0. The number of anilines is 1. The van der Waals surface area contributed by atoms with Gasteiger partial charge in [0, 0.05) is 23.8 Å². The molecule has 0 unspecified atom stereocenters. The highest BCUT2D eigenvalue weighted by atomic mass is 35.5. The third kappa shape index (κ3) is 4.63. The number of hydrogen-bond donors (Lipinski definition) is 1. The van der Waals surface area contributed by atoms with E-state index in [1.165, 1.54) is 21.9 Å². The molecule has 1 aliphatic rings. The molecule has 2 aromatic carbocycles. The fraction of sp³-hybridized carbons (Fsp3) is 0.263. The molecule has 28 heavy (non-hydrogen) atoms. The third-order valence-electron chi connectivity index (χ3n) is 4.54. The molecule has 0 radical (unpaired) electrons. The second-order valence-corrected chi connectivity index (χ2v) is 9.17. The smallest absolute Gasteiger partial charge is 0.335 e. The lowest BCUT2D eigenvalue weighted by Crippen LogP contribution is -2.49. The normalized spacial score (nSPS) is 15.8. The van der Waals surface area contributed by atoms with Crippen LogP contribution < -0.4 is 4.90 Å². The number of sulfone groups is 1. The van der Waals surface area contributed by atoms with E-state index in [1.807, 2.05) is 6.07 Å². The fourth-order valence-corrected chi connectivity index (χ4v) is 4.37. The maximum atomic E-state index is 13.1. The van der Waals surface area contributed by atoms with E-state index in [-0.39, 0.29) is 47.8 Å². The predicted octanol–water partition coefficient (Wildman–Crippen LogP) is 2.90. The molecule has 9 heteroatoms. The number of carboxylic acid groups (broad SMARTS) is 1. The molecule has 1 saturated heterocycles. The van der Waals surface area contributed by atoms with Gasteiger partial charge in [-0.05, 0) is 29.8 Å². The van der Waals surface area contributed by atoms with Gasteiger partial charge in [-0.25, -0.2) is 18.0 Å². The first-order chi connectivity index (χ1) is 13.3. The van der Waals surface area contributed by atoms with E-state index in [4.69, 9.17) is 16.7 Å². The van der Waals surface area contributed by atoms with Crippen molar-refractivity contribution < 1.29 is 23.1 Å². The predicted molar refractivity (Wildman–Crippen MR) is 107 cm³/mol. The molecular weight excluding hydrogens is 404 g/mol. The van der Waals surface area contributed by atoms with E-state index < -0.39 is 15.8 Å². The van der Waals surface area contributed by atoms with Crippen LogP contribution in [-0.4, -0.2) is 55.0 Å². The molecule has 0 aliphatic carbocycles. The number of hydrogen-bond acceptors (Lipinski definition) is 4. The molecule has 1 N–H and O–H groups in total. The Morgan fingerprint density at radius 2 is 1.71 bits per heavy atom. The van der Waals surface area contributed by atoms with Gasteiger partial charge in [-0.3, -0.25) is 4.90 Å². The molecule has 7 nitrogen and oxygen atoms in total. The number of carbonyl (C=O) groups is 2. The van der Waals surface area contributed by atoms with Gasteiger partial charge < -0.3 is 10.0 Å². The van der Waals surface area contributed by atoms with E-state index in [0.717, 1.165) is 0 Å². The monoisotopic (exact) mass is 422 g/mol. The molecule has 0 aromatic heterocycles. The Kier molecular flexibility index (Phi) is 5.90. The van der Waals surface area contributed by atoms with Crippen LogP contribution in [0.15, 0.2) is 48.5 Å². The lowest BCUT2D eigenvalue weighted by Gasteiger charge is -2.33. The van der Waals surface area contributed by atoms with E-state index >= 15 is 0 Å². The number of urea groups is 1. The second kappa shape index (κ2) is 8.20. The van der Waals surface area contributed by atoms with Crippen molar-refractivity contribution in [1.82, 2.24) is 4.90 Å². The van der Waals surface area contributed by atoms with Crippen molar-refractivity contribution >= 4 is 39.1 Å². The van der Waals surface area contributed by atoms with Crippen LogP contribution in [0.3, 0.4) is 0 Å². The van der Waals surface area contributed by atoms with E-state index in [0.29, 0.717) is 11.3 Å². The van der Waals surface area contributed by atoms with Gasteiger partial charge in [-0.1, -0.05) is 35.9 Å². The number of benzene rings is 2. The second-order valence-electron chi connectivity index (χ2n) is 6.45. The Bertz CT molecular complexity index is 981. The summed E-state index contributed by atoms with van der Waals surface area (Å²) >= 11 is 6.24. The van der Waals surface area contributed by atoms with Crippen LogP contribution >= 0.6 is 11.6 Å². The maximum Gasteiger partial charge on any atom is 0.335 e. The van der Waals surface area contributed by atoms with Crippen molar-refractivity contribution in [1.29, 1.82) is 0 Å². The lowest BCUT2D eigenvalue weighted by atomic mass is 10.1. The van der Waals surface area contributed by atoms with Crippen LogP contribution in [0.25, 0.3) is 0 Å². The van der Waals surface area contributed by atoms with Crippen molar-refractivity contribution in [3.63, 3.8) is 0 Å². The molecule has 0 bridgehead atoms. The van der Waals surface area contributed by atoms with Crippen LogP contribution in [-0.2, 0) is 16.4 Å². The summed E-state index contributed by atoms with van der Waals surface area (Å²) in [5.41, 5.74) is 1.29. The van der Waals surface area contributed by atoms with Gasteiger partial charge in [0.25, 0.3) is 0 Å². The number of carboxylic acids is 1. The number of nitrogens with zero attached hydrogens (tertiary/aromatic N) is 2. The van der Waals surface area contributed by atoms with Crippen molar-refractivity contribution in [3.8, 4) is 0 Å². The Morgan fingerprint density at radius 3 is 2.29 bits per heavy atom. The summed E-state index contributed by atoms with van der Waals surface area (Å²) in [5, 5.41) is 9.33. The van der Waals surface area contributed by atoms with Crippen molar-refractivity contribution in [3.05, 3.63) is 64.7 Å². The highest BCUT2D eigenvalue weighted by Gasteiger charge is 2.29. The summed E-state index contributed by atoms with van der Waals surface area (Å²) in [4.78, 5) is 27.2. The summed E-state index contributed by atoms with van der Waals surface area (Å²) < 4.78 is 23.3. The fourth-order valence-electron chi connectivity index (χ4n) is 2.93. The van der Waals surface area contributed by atoms with Gasteiger partial charge in [0.2, 0.25) is 0 Å². The molecule has 148 valence electrons. The average molecular weight is 423 g/mol. The van der Waals surface area contributed by atoms with Gasteiger partial charge in [0.15, 0.2) is 9.84 Å². The zero-order valence-electron chi connectivity index (χ0n) is 14.9. The van der Waals surface area contributed by atoms with Crippen molar-refractivity contribution in [2.75, 3.05) is 29.5 Å². The molecule has 2 amide bonds. The summed E-state index contributed by atoms with van der Waals surface area (Å²) in [5.74, 6) is -1.20. The number of halogens is 1. The van der Waals surface area contributed by atoms with Crippen LogP contribution in [0.2, 0.25) is 5.02 Å². The number of aromatic carboxylic acids is 1. The third-order valence-corrected chi connectivity index (χ3v) is 6.50. The maximum absolute atomic E-state index is 13.1. The van der Waals surface area contributed by atoms with Crippen LogP contribution in [0.4, 0.5) is 10.5 Å². The molecule has 1 heterocycles. The largest absolute Gasteiger partial charge is 0.478 e. The Hall–Kier alpha value is -2.58. The minimum atomic E-state index is -3.11. The van der Waals surface area contributed by atoms with Gasteiger partial charge >= 0.3 is 12.0 Å². The molecule has 2 aromatic rings. The molecule has 0 spiro atoms. The number of amides is 2. The van der Waals surface area contributed by atoms with Crippen molar-refractivity contribution in [2.45, 2.75) is 6.54 Å². The standard InChI is InChI=1S/C19H19ClN2O5S/c20-17-12-14(18(23)24)6-7-15(17)13-22(16-4-2-1-3-5-16)19(25)21-8-10-28(26,27)11-9-21/h1-7,12H,8-11,13H2,(H,23,24). The quantitative estimate of drug-likeness (QED) is 0.817. The minimum Gasteiger partial charge on any atom is -0.478 e. The SMILES string of the molecule is O=C(O)c1ccc(CN(C(=O)N2CCS(=O)(=O)CC2)c2ccccc2)c(Cl)c1. The summed E-state index contributed by atoms with van der Waals surface area (Å²) in [6, 6.07) is 13.0. The van der Waals surface area contributed by atoms with E-state index in [1.54, 1.807) is 30.3 Å². The Balaban J connectivity index is 1.88. The summed E-state index contributed by atoms with van der Waals surface area (Å²) in [6.45, 7) is 0.400. The topological polar surface area (TPSA) is 95.0 Å². The molecule has 3 rings (SSSR count). The molecule has 0 saturated carbocycles. The van der Waals surface area contributed by atoms with Gasteiger partial charge in [-0.15, -0.1) is 0 Å². The summed E-state index contributed by atoms with van der Waals surface area (Å²) in [7, 11) is -3.11.